The van der Waals surface area contributed by atoms with Gasteiger partial charge in [-0.25, -0.2) is 4.57 Å². The van der Waals surface area contributed by atoms with Gasteiger partial charge in [-0.3, -0.25) is 28.2 Å². The number of unbranched alkanes of at least 4 members (excludes halogenated alkanes) is 48. The summed E-state index contributed by atoms with van der Waals surface area (Å²) in [5.41, 5.74) is 0. The van der Waals surface area contributed by atoms with Crippen LogP contribution in [0.3, 0.4) is 0 Å². The molecule has 3 rings (SSSR count). The van der Waals surface area contributed by atoms with E-state index in [0.717, 1.165) is 141 Å². The van der Waals surface area contributed by atoms with Crippen LogP contribution < -0.4 is 0 Å². The Morgan fingerprint density at radius 2 is 0.681 bits per heavy atom. The highest BCUT2D eigenvalue weighted by atomic mass is 31.2. The number of aliphatic hydroxyl groups is 9. The molecule has 1 aliphatic carbocycles. The van der Waals surface area contributed by atoms with Gasteiger partial charge in [-0.05, 0) is 57.3 Å². The van der Waals surface area contributed by atoms with Gasteiger partial charge >= 0.3 is 31.7 Å². The zero-order valence-corrected chi connectivity index (χ0v) is 75.7. The number of rotatable bonds is 78. The average molecular weight is 1720 g/mol. The number of esters is 4. The van der Waals surface area contributed by atoms with Crippen LogP contribution in [0.25, 0.3) is 0 Å². The predicted molar refractivity (Wildman–Crippen MR) is 463 cm³/mol. The Morgan fingerprint density at radius 3 is 1.09 bits per heavy atom. The van der Waals surface area contributed by atoms with Crippen molar-refractivity contribution in [1.82, 2.24) is 0 Å². The van der Waals surface area contributed by atoms with Crippen molar-refractivity contribution in [3.05, 3.63) is 12.2 Å². The molecule has 25 nitrogen and oxygen atoms in total. The van der Waals surface area contributed by atoms with E-state index in [4.69, 9.17) is 46.9 Å². The van der Waals surface area contributed by atoms with Gasteiger partial charge in [-0.1, -0.05) is 355 Å². The number of aliphatic hydroxyl groups excluding tert-OH is 9. The number of allylic oxidation sites excluding steroid dienone is 2. The Labute approximate surface area is 718 Å². The van der Waals surface area contributed by atoms with Crippen LogP contribution in [0.5, 0.6) is 0 Å². The van der Waals surface area contributed by atoms with Gasteiger partial charge in [0.2, 0.25) is 0 Å². The average Bonchev–Trinajstić information content (AvgIpc) is 0.754. The van der Waals surface area contributed by atoms with E-state index in [1.807, 2.05) is 0 Å². The van der Waals surface area contributed by atoms with Crippen molar-refractivity contribution >= 4 is 31.7 Å². The van der Waals surface area contributed by atoms with E-state index in [0.29, 0.717) is 38.0 Å². The van der Waals surface area contributed by atoms with Gasteiger partial charge in [0.25, 0.3) is 0 Å². The molecular weight excluding hydrogens is 1550 g/mol. The quantitative estimate of drug-likeness (QED) is 0.00889. The molecule has 700 valence electrons. The molecular formula is C93H173O25P. The number of carbonyl (C=O) groups excluding carboxylic acids is 4. The minimum Gasteiger partial charge on any atom is -0.463 e. The lowest BCUT2D eigenvalue weighted by Crippen LogP contribution is -2.70. The summed E-state index contributed by atoms with van der Waals surface area (Å²) in [6.07, 6.45) is 29.1. The van der Waals surface area contributed by atoms with Crippen LogP contribution in [-0.4, -0.2) is 205 Å². The van der Waals surface area contributed by atoms with E-state index < -0.39 is 162 Å². The van der Waals surface area contributed by atoms with Crippen molar-refractivity contribution in [3.63, 3.8) is 0 Å². The lowest BCUT2D eigenvalue weighted by molar-refractivity contribution is -0.360. The summed E-state index contributed by atoms with van der Waals surface area (Å²) in [7, 11) is -5.81. The Balaban J connectivity index is 1.91. The molecule has 2 saturated heterocycles. The fourth-order valence-corrected chi connectivity index (χ4v) is 17.1. The molecule has 0 aromatic carbocycles. The molecule has 1 saturated carbocycles. The highest BCUT2D eigenvalue weighted by molar-refractivity contribution is 7.47. The van der Waals surface area contributed by atoms with E-state index in [1.165, 1.54) is 186 Å². The molecule has 3 aliphatic rings. The Bertz CT molecular complexity index is 2530. The first-order valence-corrected chi connectivity index (χ1v) is 49.8. The van der Waals surface area contributed by atoms with Crippen LogP contribution in [0.1, 0.15) is 420 Å². The molecule has 0 aromatic heterocycles. The maximum atomic E-state index is 14.9. The third kappa shape index (κ3) is 51.6. The van der Waals surface area contributed by atoms with Crippen LogP contribution in [0.4, 0.5) is 0 Å². The standard InChI is InChI=1S/C93H173O25P/c1-6-10-14-18-22-25-28-31-33-35-37-39-42-45-52-59-65-77(96)110-71-75-81(100)83(102)87(106)93(114-75)117-90-88(115-79(98)67-61-55-47-44-41-38-34-32-29-26-23-19-15-11-7-2)84(103)85(104)89(116-92-86(105)82(101)80(99)74(68-94)113-92)91(90)118-119(107,108)111-70-73(112-78(97)66-60-54-46-43-40-36-30-27-24-20-16-12-8-3)69-109-76(95)64-58-53-49-48-51-57-63-72(5)62-56-50-21-17-13-9-4/h26,29,72-75,80-94,99-106H,6-25,27-28,30-71H2,1-5H3,(H,107,108)/b29-26-. The third-order valence-corrected chi connectivity index (χ3v) is 24.9. The van der Waals surface area contributed by atoms with Crippen LogP contribution in [0.15, 0.2) is 12.2 Å². The molecule has 0 spiro atoms. The fourth-order valence-electron chi connectivity index (χ4n) is 16.1. The molecule has 19 atom stereocenters. The van der Waals surface area contributed by atoms with Crippen molar-refractivity contribution < 1.29 is 122 Å². The van der Waals surface area contributed by atoms with Gasteiger partial charge < -0.3 is 88.7 Å². The summed E-state index contributed by atoms with van der Waals surface area (Å²) in [6.45, 7) is 7.95. The van der Waals surface area contributed by atoms with Gasteiger partial charge in [-0.2, -0.15) is 0 Å². The molecule has 0 amide bonds. The highest BCUT2D eigenvalue weighted by Gasteiger charge is 2.60. The number of phosphoric ester groups is 1. The first-order chi connectivity index (χ1) is 57.6. The number of phosphoric acid groups is 1. The summed E-state index contributed by atoms with van der Waals surface area (Å²) in [6, 6.07) is 0. The van der Waals surface area contributed by atoms with Gasteiger partial charge in [0.05, 0.1) is 13.2 Å². The Kier molecular flexibility index (Phi) is 66.1. The Hall–Kier alpha value is -2.79. The summed E-state index contributed by atoms with van der Waals surface area (Å²) < 4.78 is 73.5. The van der Waals surface area contributed by atoms with Gasteiger partial charge in [0, 0.05) is 25.7 Å². The number of ether oxygens (including phenoxy) is 8. The maximum Gasteiger partial charge on any atom is 0.472 e. The van der Waals surface area contributed by atoms with Crippen molar-refractivity contribution in [2.24, 2.45) is 5.92 Å². The van der Waals surface area contributed by atoms with Crippen molar-refractivity contribution in [3.8, 4) is 0 Å². The second kappa shape index (κ2) is 71.3. The fraction of sp³-hybridized carbons (Fsp3) is 0.935. The second-order valence-electron chi connectivity index (χ2n) is 34.9. The molecule has 26 heteroatoms. The van der Waals surface area contributed by atoms with Gasteiger partial charge in [-0.15, -0.1) is 0 Å². The number of carbonyl (C=O) groups is 4. The molecule has 10 N–H and O–H groups in total. The minimum absolute atomic E-state index is 0.0181. The molecule has 0 bridgehead atoms. The third-order valence-electron chi connectivity index (χ3n) is 23.9. The van der Waals surface area contributed by atoms with Crippen molar-refractivity contribution in [2.45, 2.75) is 524 Å². The first-order valence-electron chi connectivity index (χ1n) is 48.3. The molecule has 2 heterocycles. The van der Waals surface area contributed by atoms with Gasteiger partial charge in [0.15, 0.2) is 24.8 Å². The number of hydrogen-bond acceptors (Lipinski definition) is 24. The monoisotopic (exact) mass is 1720 g/mol. The van der Waals surface area contributed by atoms with Crippen LogP contribution in [0, 0.1) is 5.92 Å². The summed E-state index contributed by atoms with van der Waals surface area (Å²) in [5.74, 6) is -2.27. The van der Waals surface area contributed by atoms with E-state index in [2.05, 4.69) is 46.8 Å². The normalized spacial score (nSPS) is 25.1. The highest BCUT2D eigenvalue weighted by Crippen LogP contribution is 2.49. The second-order valence-corrected chi connectivity index (χ2v) is 36.3. The molecule has 119 heavy (non-hydrogen) atoms. The summed E-state index contributed by atoms with van der Waals surface area (Å²) in [4.78, 5) is 66.6. The van der Waals surface area contributed by atoms with Crippen LogP contribution in [0.2, 0.25) is 0 Å². The zero-order chi connectivity index (χ0) is 86.9. The summed E-state index contributed by atoms with van der Waals surface area (Å²) in [5, 5.41) is 102. The largest absolute Gasteiger partial charge is 0.472 e. The van der Waals surface area contributed by atoms with E-state index >= 15 is 0 Å². The van der Waals surface area contributed by atoms with E-state index in [-0.39, 0.29) is 25.7 Å². The van der Waals surface area contributed by atoms with Crippen molar-refractivity contribution in [2.75, 3.05) is 26.4 Å². The molecule has 19 unspecified atom stereocenters. The van der Waals surface area contributed by atoms with Crippen molar-refractivity contribution in [1.29, 1.82) is 0 Å². The molecule has 0 radical (unpaired) electrons. The zero-order valence-electron chi connectivity index (χ0n) is 74.8. The van der Waals surface area contributed by atoms with E-state index in [9.17, 15) is 74.6 Å². The SMILES string of the molecule is CCCCCC/C=C\CCCCCCCCCC(=O)OC1C(O)C(O)C(OC2OC(CO)C(O)C(O)C2O)C(OP(=O)(O)OCC(COC(=O)CCCCCCCCC(C)CCCCCCCC)OC(=O)CCCCCCCCCCCCCCC)C1OC1OC(COC(=O)CCCCCCCCCCCCCCCCCC)C(O)C(O)C1O. The smallest absolute Gasteiger partial charge is 0.463 e. The predicted octanol–water partition coefficient (Wildman–Crippen LogP) is 18.2. The van der Waals surface area contributed by atoms with Crippen LogP contribution >= 0.6 is 7.82 Å². The topological polar surface area (TPSA) is 380 Å². The molecule has 0 aromatic rings. The maximum absolute atomic E-state index is 14.9. The van der Waals surface area contributed by atoms with Gasteiger partial charge in [0.1, 0.15) is 92.6 Å². The Morgan fingerprint density at radius 1 is 0.353 bits per heavy atom. The first kappa shape index (κ1) is 110. The lowest BCUT2D eigenvalue weighted by atomic mass is 9.84. The van der Waals surface area contributed by atoms with Crippen LogP contribution in [-0.2, 0) is 70.7 Å². The number of hydrogen-bond donors (Lipinski definition) is 10. The summed E-state index contributed by atoms with van der Waals surface area (Å²) >= 11 is 0. The molecule has 2 aliphatic heterocycles. The minimum atomic E-state index is -5.81. The van der Waals surface area contributed by atoms with E-state index in [1.54, 1.807) is 0 Å². The molecule has 3 fully saturated rings. The lowest BCUT2D eigenvalue weighted by Gasteiger charge is -2.50.